The van der Waals surface area contributed by atoms with E-state index in [2.05, 4.69) is 16.2 Å². The lowest BCUT2D eigenvalue weighted by Gasteiger charge is -2.33. The van der Waals surface area contributed by atoms with Crippen molar-refractivity contribution in [2.45, 2.75) is 24.7 Å². The smallest absolute Gasteiger partial charge is 0.229 e. The van der Waals surface area contributed by atoms with Crippen LogP contribution in [0.2, 0.25) is 5.02 Å². The Hall–Kier alpha value is -2.19. The lowest BCUT2D eigenvalue weighted by Crippen LogP contribution is -2.41. The molecule has 1 aromatic heterocycles. The molecule has 1 unspecified atom stereocenters. The number of aryl methyl sites for hydroxylation is 1. The van der Waals surface area contributed by atoms with Crippen LogP contribution in [0.1, 0.15) is 18.4 Å². The summed E-state index contributed by atoms with van der Waals surface area (Å²) >= 11 is 7.36. The largest absolute Gasteiger partial charge is 0.302 e. The summed E-state index contributed by atoms with van der Waals surface area (Å²) in [7, 11) is -2.58. The number of anilines is 1. The third-order valence-corrected chi connectivity index (χ3v) is 8.72. The van der Waals surface area contributed by atoms with Gasteiger partial charge in [0.05, 0.1) is 15.4 Å². The van der Waals surface area contributed by atoms with Gasteiger partial charge in [-0.15, -0.1) is 11.3 Å². The fourth-order valence-corrected chi connectivity index (χ4v) is 6.11. The zero-order valence-corrected chi connectivity index (χ0v) is 19.6. The van der Waals surface area contributed by atoms with Crippen molar-refractivity contribution in [3.05, 3.63) is 64.5 Å². The van der Waals surface area contributed by atoms with Crippen LogP contribution in [-0.4, -0.2) is 38.4 Å². The van der Waals surface area contributed by atoms with Crippen LogP contribution in [0.5, 0.6) is 0 Å². The summed E-state index contributed by atoms with van der Waals surface area (Å²) in [5.74, 6) is 3.80. The van der Waals surface area contributed by atoms with Gasteiger partial charge in [-0.3, -0.25) is 4.79 Å². The average molecular weight is 474 g/mol. The summed E-state index contributed by atoms with van der Waals surface area (Å²) in [5, 5.41) is 6.11. The minimum Gasteiger partial charge on any atom is -0.302 e. The Kier molecular flexibility index (Phi) is 6.48. The molecule has 3 aromatic rings. The number of halogens is 1. The number of hydrogen-bond acceptors (Lipinski definition) is 4. The van der Waals surface area contributed by atoms with Gasteiger partial charge in [0, 0.05) is 39.9 Å². The van der Waals surface area contributed by atoms with Gasteiger partial charge in [0.25, 0.3) is 0 Å². The molecule has 2 heterocycles. The molecular formula is C23H24ClN3O2S2. The number of amides is 1. The van der Waals surface area contributed by atoms with Crippen LogP contribution >= 0.6 is 22.9 Å². The van der Waals surface area contributed by atoms with Crippen molar-refractivity contribution in [1.29, 1.82) is 0 Å². The number of hydrogen-bond donors (Lipinski definition) is 1. The molecule has 1 aliphatic heterocycles. The summed E-state index contributed by atoms with van der Waals surface area (Å²) in [6.07, 6.45) is 1.25. The maximum absolute atomic E-state index is 13.2. The number of rotatable bonds is 5. The Morgan fingerprint density at radius 2 is 1.81 bits per heavy atom. The van der Waals surface area contributed by atoms with E-state index in [9.17, 15) is 9.00 Å². The first-order valence-electron chi connectivity index (χ1n) is 10.0. The number of aromatic nitrogens is 1. The zero-order chi connectivity index (χ0) is 22.0. The van der Waals surface area contributed by atoms with Gasteiger partial charge in [0.15, 0.2) is 5.13 Å². The Labute approximate surface area is 192 Å². The first-order valence-corrected chi connectivity index (χ1v) is 13.0. The van der Waals surface area contributed by atoms with Gasteiger partial charge < -0.3 is 5.32 Å². The standard InChI is InChI=1S/C23H24ClN3O2S2/c1-16-3-5-17(6-4-16)21-15-30-23(25-21)26-22(28)18-11-13-27(14-12-18)31(2,29)20-9-7-19(24)8-10-20/h3-10,15,18H,2,11-14H2,1H3,(H,25,26,28). The number of nitrogens with zero attached hydrogens (tertiary/aromatic N) is 2. The number of benzene rings is 2. The molecule has 162 valence electrons. The topological polar surface area (TPSA) is 62.3 Å². The van der Waals surface area contributed by atoms with Crippen LogP contribution in [0.3, 0.4) is 0 Å². The lowest BCUT2D eigenvalue weighted by molar-refractivity contribution is -0.120. The molecular weight excluding hydrogens is 450 g/mol. The molecule has 0 aliphatic carbocycles. The van der Waals surface area contributed by atoms with E-state index in [4.69, 9.17) is 11.6 Å². The highest BCUT2D eigenvalue weighted by Crippen LogP contribution is 2.28. The number of carbonyl (C=O) groups excluding carboxylic acids is 1. The van der Waals surface area contributed by atoms with E-state index in [1.807, 2.05) is 40.9 Å². The van der Waals surface area contributed by atoms with Gasteiger partial charge in [-0.1, -0.05) is 41.4 Å². The predicted molar refractivity (Wildman–Crippen MR) is 130 cm³/mol. The van der Waals surface area contributed by atoms with Gasteiger partial charge in [-0.05, 0) is 49.9 Å². The number of carbonyl (C=O) groups is 1. The SMILES string of the molecule is C=S(=O)(c1ccc(Cl)cc1)N1CCC(C(=O)Nc2nc(-c3ccc(C)cc3)cs2)CC1. The van der Waals surface area contributed by atoms with Gasteiger partial charge in [0.1, 0.15) is 0 Å². The van der Waals surface area contributed by atoms with Gasteiger partial charge in [-0.2, -0.15) is 0 Å². The summed E-state index contributed by atoms with van der Waals surface area (Å²) < 4.78 is 15.1. The normalized spacial score (nSPS) is 17.2. The fraction of sp³-hybridized carbons (Fsp3) is 0.261. The molecule has 0 bridgehead atoms. The fourth-order valence-electron chi connectivity index (χ4n) is 3.60. The molecule has 1 atom stereocenters. The Morgan fingerprint density at radius 1 is 1.16 bits per heavy atom. The molecule has 5 nitrogen and oxygen atoms in total. The van der Waals surface area contributed by atoms with Crippen molar-refractivity contribution < 1.29 is 9.00 Å². The van der Waals surface area contributed by atoms with E-state index in [0.29, 0.717) is 41.0 Å². The summed E-state index contributed by atoms with van der Waals surface area (Å²) in [6, 6.07) is 15.1. The number of nitrogens with one attached hydrogen (secondary N) is 1. The molecule has 0 saturated carbocycles. The van der Waals surface area contributed by atoms with Crippen molar-refractivity contribution in [3.8, 4) is 11.3 Å². The molecule has 4 rings (SSSR count). The Balaban J connectivity index is 1.35. The van der Waals surface area contributed by atoms with Gasteiger partial charge in [0.2, 0.25) is 5.91 Å². The molecule has 1 amide bonds. The molecule has 0 spiro atoms. The summed E-state index contributed by atoms with van der Waals surface area (Å²) in [5.41, 5.74) is 3.08. The van der Waals surface area contributed by atoms with E-state index in [1.165, 1.54) is 16.9 Å². The Bertz CT molecular complexity index is 1160. The van der Waals surface area contributed by atoms with E-state index < -0.39 is 9.71 Å². The van der Waals surface area contributed by atoms with Crippen molar-refractivity contribution in [2.75, 3.05) is 18.4 Å². The van der Waals surface area contributed by atoms with Crippen LogP contribution in [0, 0.1) is 12.8 Å². The quantitative estimate of drug-likeness (QED) is 0.523. The van der Waals surface area contributed by atoms with Crippen molar-refractivity contribution in [1.82, 2.24) is 9.29 Å². The molecule has 8 heteroatoms. The van der Waals surface area contributed by atoms with E-state index in [0.717, 1.165) is 11.3 Å². The van der Waals surface area contributed by atoms with E-state index in [-0.39, 0.29) is 11.8 Å². The van der Waals surface area contributed by atoms with Crippen LogP contribution in [0.25, 0.3) is 11.3 Å². The third kappa shape index (κ3) is 5.01. The highest BCUT2D eigenvalue weighted by molar-refractivity contribution is 7.98. The van der Waals surface area contributed by atoms with E-state index in [1.54, 1.807) is 24.3 Å². The van der Waals surface area contributed by atoms with Crippen molar-refractivity contribution in [2.24, 2.45) is 5.92 Å². The molecule has 1 fully saturated rings. The number of thiazole rings is 1. The van der Waals surface area contributed by atoms with E-state index >= 15 is 0 Å². The van der Waals surface area contributed by atoms with Crippen molar-refractivity contribution in [3.63, 3.8) is 0 Å². The second-order valence-corrected chi connectivity index (χ2v) is 11.3. The second-order valence-electron chi connectivity index (χ2n) is 7.69. The summed E-state index contributed by atoms with van der Waals surface area (Å²) in [4.78, 5) is 18.0. The molecule has 1 N–H and O–H groups in total. The monoisotopic (exact) mass is 473 g/mol. The molecule has 2 aromatic carbocycles. The van der Waals surface area contributed by atoms with Gasteiger partial charge in [-0.25, -0.2) is 13.5 Å². The highest BCUT2D eigenvalue weighted by Gasteiger charge is 2.29. The van der Waals surface area contributed by atoms with Gasteiger partial charge >= 0.3 is 0 Å². The lowest BCUT2D eigenvalue weighted by atomic mass is 9.97. The molecule has 0 radical (unpaired) electrons. The molecule has 1 aliphatic rings. The minimum atomic E-state index is -2.58. The predicted octanol–water partition coefficient (Wildman–Crippen LogP) is 5.11. The number of piperidine rings is 1. The van der Waals surface area contributed by atoms with Crippen molar-refractivity contribution >= 4 is 49.6 Å². The maximum Gasteiger partial charge on any atom is 0.229 e. The first kappa shape index (κ1) is 22.0. The van der Waals surface area contributed by atoms with Crippen LogP contribution in [-0.2, 0) is 14.5 Å². The third-order valence-electron chi connectivity index (χ3n) is 5.51. The highest BCUT2D eigenvalue weighted by atomic mass is 35.5. The van der Waals surface area contributed by atoms with Crippen LogP contribution in [0.15, 0.2) is 58.8 Å². The second kappa shape index (κ2) is 9.12. The average Bonchev–Trinajstić information content (AvgIpc) is 3.23. The Morgan fingerprint density at radius 3 is 2.45 bits per heavy atom. The summed E-state index contributed by atoms with van der Waals surface area (Å²) in [6.45, 7) is 3.15. The van der Waals surface area contributed by atoms with Crippen LogP contribution in [0.4, 0.5) is 5.13 Å². The molecule has 1 saturated heterocycles. The molecule has 31 heavy (non-hydrogen) atoms. The van der Waals surface area contributed by atoms with Crippen LogP contribution < -0.4 is 5.32 Å². The first-order chi connectivity index (χ1) is 14.8. The maximum atomic E-state index is 13.2. The zero-order valence-electron chi connectivity index (χ0n) is 17.2. The minimum absolute atomic E-state index is 0.0356.